The van der Waals surface area contributed by atoms with Crippen LogP contribution in [0.3, 0.4) is 0 Å². The van der Waals surface area contributed by atoms with Crippen LogP contribution in [0.1, 0.15) is 16.8 Å². The Hall–Kier alpha value is -1.77. The Balaban J connectivity index is 2.11. The molecule has 0 atom stereocenters. The molecule has 0 radical (unpaired) electrons. The number of nitriles is 1. The molecule has 1 aromatic heterocycles. The molecule has 0 saturated heterocycles. The molecule has 21 heavy (non-hydrogen) atoms. The number of nitrogens with zero attached hydrogens (tertiary/aromatic N) is 3. The summed E-state index contributed by atoms with van der Waals surface area (Å²) < 4.78 is 1.36. The van der Waals surface area contributed by atoms with E-state index in [0.29, 0.717) is 28.6 Å². The van der Waals surface area contributed by atoms with E-state index >= 15 is 0 Å². The van der Waals surface area contributed by atoms with E-state index in [2.05, 4.69) is 5.10 Å². The second-order valence-electron chi connectivity index (χ2n) is 4.53. The third-order valence-electron chi connectivity index (χ3n) is 3.13. The highest BCUT2D eigenvalue weighted by Crippen LogP contribution is 2.20. The topological polar surface area (TPSA) is 58.7 Å². The van der Waals surface area contributed by atoms with Crippen LogP contribution in [0.5, 0.6) is 0 Å². The van der Waals surface area contributed by atoms with Crippen LogP contribution in [0.4, 0.5) is 0 Å². The maximum atomic E-state index is 12.1. The molecule has 6 heteroatoms. The summed E-state index contributed by atoms with van der Waals surface area (Å²) in [5.41, 5.74) is 1.23. The molecular formula is C15H14ClN3OS. The first kappa shape index (κ1) is 15.6. The summed E-state index contributed by atoms with van der Waals surface area (Å²) in [4.78, 5) is 13.2. The highest BCUT2D eigenvalue weighted by Gasteiger charge is 2.11. The fourth-order valence-electron chi connectivity index (χ4n) is 1.84. The number of aromatic nitrogens is 2. The molecule has 0 unspecified atom stereocenters. The van der Waals surface area contributed by atoms with Crippen molar-refractivity contribution in [3.63, 3.8) is 0 Å². The summed E-state index contributed by atoms with van der Waals surface area (Å²) in [6, 6.07) is 9.50. The monoisotopic (exact) mass is 319 g/mol. The van der Waals surface area contributed by atoms with Crippen molar-refractivity contribution >= 4 is 23.4 Å². The number of halogens is 1. The zero-order chi connectivity index (χ0) is 15.4. The van der Waals surface area contributed by atoms with Gasteiger partial charge < -0.3 is 0 Å². The standard InChI is InChI=1S/C15H14ClN3OS/c1-10-11(2)18-19(15(20)14(10)9-17)7-8-21-13-5-3-12(16)4-6-13/h3-6H,7-8H2,1-2H3. The lowest BCUT2D eigenvalue weighted by molar-refractivity contribution is 0.606. The van der Waals surface area contributed by atoms with Crippen molar-refractivity contribution in [2.75, 3.05) is 5.75 Å². The quantitative estimate of drug-likeness (QED) is 0.812. The fourth-order valence-corrected chi connectivity index (χ4v) is 2.79. The Labute approximate surface area is 132 Å². The van der Waals surface area contributed by atoms with Crippen LogP contribution < -0.4 is 5.56 Å². The first-order valence-corrected chi connectivity index (χ1v) is 7.76. The molecule has 1 heterocycles. The third kappa shape index (κ3) is 3.66. The molecule has 0 aliphatic heterocycles. The fraction of sp³-hybridized carbons (Fsp3) is 0.267. The van der Waals surface area contributed by atoms with E-state index in [1.54, 1.807) is 25.6 Å². The predicted octanol–water partition coefficient (Wildman–Crippen LogP) is 3.18. The van der Waals surface area contributed by atoms with E-state index < -0.39 is 0 Å². The molecule has 0 bridgehead atoms. The predicted molar refractivity (Wildman–Crippen MR) is 84.9 cm³/mol. The molecule has 0 N–H and O–H groups in total. The van der Waals surface area contributed by atoms with E-state index in [9.17, 15) is 4.79 Å². The van der Waals surface area contributed by atoms with Gasteiger partial charge in [0.05, 0.1) is 12.2 Å². The molecular weight excluding hydrogens is 306 g/mol. The molecule has 0 amide bonds. The first-order valence-electron chi connectivity index (χ1n) is 6.39. The molecule has 1 aromatic carbocycles. The van der Waals surface area contributed by atoms with Gasteiger partial charge in [-0.2, -0.15) is 10.4 Å². The zero-order valence-corrected chi connectivity index (χ0v) is 13.3. The van der Waals surface area contributed by atoms with Crippen molar-refractivity contribution in [1.82, 2.24) is 9.78 Å². The second kappa shape index (κ2) is 6.79. The van der Waals surface area contributed by atoms with E-state index in [4.69, 9.17) is 16.9 Å². The molecule has 2 aromatic rings. The molecule has 0 aliphatic carbocycles. The Morgan fingerprint density at radius 2 is 2.00 bits per heavy atom. The maximum Gasteiger partial charge on any atom is 0.284 e. The average Bonchev–Trinajstić information content (AvgIpc) is 2.47. The molecule has 108 valence electrons. The van der Waals surface area contributed by atoms with Crippen molar-refractivity contribution < 1.29 is 0 Å². The number of aryl methyl sites for hydroxylation is 2. The molecule has 0 fully saturated rings. The van der Waals surface area contributed by atoms with Crippen molar-refractivity contribution in [1.29, 1.82) is 5.26 Å². The van der Waals surface area contributed by atoms with Gasteiger partial charge in [0.2, 0.25) is 0 Å². The van der Waals surface area contributed by atoms with Gasteiger partial charge >= 0.3 is 0 Å². The largest absolute Gasteiger partial charge is 0.284 e. The van der Waals surface area contributed by atoms with Crippen molar-refractivity contribution in [2.24, 2.45) is 0 Å². The van der Waals surface area contributed by atoms with Crippen LogP contribution in [0.2, 0.25) is 5.02 Å². The van der Waals surface area contributed by atoms with E-state index in [1.807, 2.05) is 30.3 Å². The Bertz CT molecular complexity index is 747. The maximum absolute atomic E-state index is 12.1. The van der Waals surface area contributed by atoms with Crippen molar-refractivity contribution in [3.05, 3.63) is 56.5 Å². The van der Waals surface area contributed by atoms with E-state index in [1.165, 1.54) is 4.68 Å². The lowest BCUT2D eigenvalue weighted by Gasteiger charge is -2.08. The minimum absolute atomic E-state index is 0.180. The first-order chi connectivity index (χ1) is 10.0. The van der Waals surface area contributed by atoms with Gasteiger partial charge in [-0.05, 0) is 43.7 Å². The Morgan fingerprint density at radius 3 is 2.62 bits per heavy atom. The second-order valence-corrected chi connectivity index (χ2v) is 6.13. The summed E-state index contributed by atoms with van der Waals surface area (Å²) in [5, 5.41) is 14.0. The summed E-state index contributed by atoms with van der Waals surface area (Å²) in [6.45, 7) is 4.01. The van der Waals surface area contributed by atoms with Crippen LogP contribution in [-0.2, 0) is 6.54 Å². The molecule has 2 rings (SSSR count). The van der Waals surface area contributed by atoms with Crippen molar-refractivity contribution in [3.8, 4) is 6.07 Å². The lowest BCUT2D eigenvalue weighted by Crippen LogP contribution is -2.28. The van der Waals surface area contributed by atoms with Gasteiger partial charge in [0.25, 0.3) is 5.56 Å². The molecule has 4 nitrogen and oxygen atoms in total. The number of hydrogen-bond donors (Lipinski definition) is 0. The van der Waals surface area contributed by atoms with Crippen LogP contribution in [0.25, 0.3) is 0 Å². The molecule has 0 spiro atoms. The van der Waals surface area contributed by atoms with Gasteiger partial charge in [-0.1, -0.05) is 11.6 Å². The Morgan fingerprint density at radius 1 is 1.33 bits per heavy atom. The number of benzene rings is 1. The van der Waals surface area contributed by atoms with Crippen LogP contribution >= 0.6 is 23.4 Å². The van der Waals surface area contributed by atoms with Gasteiger partial charge in [0.1, 0.15) is 11.6 Å². The van der Waals surface area contributed by atoms with Gasteiger partial charge in [0, 0.05) is 15.7 Å². The third-order valence-corrected chi connectivity index (χ3v) is 4.38. The SMILES string of the molecule is Cc1nn(CCSc2ccc(Cl)cc2)c(=O)c(C#N)c1C. The zero-order valence-electron chi connectivity index (χ0n) is 11.8. The lowest BCUT2D eigenvalue weighted by atomic mass is 10.1. The van der Waals surface area contributed by atoms with Crippen LogP contribution in [-0.4, -0.2) is 15.5 Å². The van der Waals surface area contributed by atoms with Crippen LogP contribution in [0.15, 0.2) is 34.0 Å². The molecule has 0 aliphatic rings. The minimum atomic E-state index is -0.322. The summed E-state index contributed by atoms with van der Waals surface area (Å²) in [5.74, 6) is 0.696. The Kier molecular flexibility index (Phi) is 5.05. The minimum Gasteiger partial charge on any atom is -0.266 e. The average molecular weight is 320 g/mol. The van der Waals surface area contributed by atoms with Gasteiger partial charge in [-0.15, -0.1) is 11.8 Å². The van der Waals surface area contributed by atoms with Gasteiger partial charge in [-0.25, -0.2) is 4.68 Å². The summed E-state index contributed by atoms with van der Waals surface area (Å²) in [7, 11) is 0. The van der Waals surface area contributed by atoms with Gasteiger partial charge in [-0.3, -0.25) is 4.79 Å². The normalized spacial score (nSPS) is 10.4. The highest BCUT2D eigenvalue weighted by atomic mass is 35.5. The smallest absolute Gasteiger partial charge is 0.266 e. The van der Waals surface area contributed by atoms with E-state index in [0.717, 1.165) is 4.90 Å². The van der Waals surface area contributed by atoms with Gasteiger partial charge in [0.15, 0.2) is 0 Å². The number of hydrogen-bond acceptors (Lipinski definition) is 4. The van der Waals surface area contributed by atoms with Crippen molar-refractivity contribution in [2.45, 2.75) is 25.3 Å². The number of rotatable bonds is 4. The highest BCUT2D eigenvalue weighted by molar-refractivity contribution is 7.99. The number of thioether (sulfide) groups is 1. The summed E-state index contributed by atoms with van der Waals surface area (Å²) >= 11 is 7.45. The van der Waals surface area contributed by atoms with Crippen LogP contribution in [0, 0.1) is 25.2 Å². The van der Waals surface area contributed by atoms with E-state index in [-0.39, 0.29) is 11.1 Å². The summed E-state index contributed by atoms with van der Waals surface area (Å²) in [6.07, 6.45) is 0. The molecule has 0 saturated carbocycles.